The molecule has 30 heavy (non-hydrogen) atoms. The molecule has 2 heterocycles. The molecule has 3 aromatic rings. The van der Waals surface area contributed by atoms with Crippen LogP contribution in [0, 0.1) is 5.82 Å². The number of benzene rings is 2. The number of aromatic hydroxyl groups is 1. The van der Waals surface area contributed by atoms with Gasteiger partial charge in [0.2, 0.25) is 5.95 Å². The average molecular weight is 407 g/mol. The van der Waals surface area contributed by atoms with Crippen LogP contribution in [-0.4, -0.2) is 40.8 Å². The fourth-order valence-electron chi connectivity index (χ4n) is 3.60. The lowest BCUT2D eigenvalue weighted by atomic mass is 10.1. The number of rotatable bonds is 7. The summed E-state index contributed by atoms with van der Waals surface area (Å²) in [7, 11) is 0. The zero-order valence-corrected chi connectivity index (χ0v) is 16.7. The standard InChI is InChI=1S/C23H26FN5O/c24-20-14-16(4-5-22(20)30)6-12-26-23-27-13-9-21(29-23)17-2-1-3-19(15-17)28-18-7-10-25-11-8-18/h1-5,9,13-15,18,25,28,30H,6-8,10-12H2,(H,26,27,29). The second kappa shape index (κ2) is 9.54. The molecule has 0 atom stereocenters. The summed E-state index contributed by atoms with van der Waals surface area (Å²) in [6.45, 7) is 2.66. The Hall–Kier alpha value is -3.19. The molecule has 156 valence electrons. The van der Waals surface area contributed by atoms with Crippen molar-refractivity contribution in [2.24, 2.45) is 0 Å². The van der Waals surface area contributed by atoms with E-state index in [0.29, 0.717) is 25.0 Å². The van der Waals surface area contributed by atoms with Crippen molar-refractivity contribution in [3.8, 4) is 17.0 Å². The summed E-state index contributed by atoms with van der Waals surface area (Å²) in [6.07, 6.45) is 4.58. The first-order valence-corrected chi connectivity index (χ1v) is 10.3. The van der Waals surface area contributed by atoms with E-state index in [-0.39, 0.29) is 5.75 Å². The molecule has 0 bridgehead atoms. The third kappa shape index (κ3) is 5.24. The molecule has 1 aliphatic rings. The molecular formula is C23H26FN5O. The highest BCUT2D eigenvalue weighted by Crippen LogP contribution is 2.23. The Bertz CT molecular complexity index is 991. The number of nitrogens with one attached hydrogen (secondary N) is 3. The maximum atomic E-state index is 13.4. The smallest absolute Gasteiger partial charge is 0.223 e. The van der Waals surface area contributed by atoms with Gasteiger partial charge in [-0.2, -0.15) is 0 Å². The lowest BCUT2D eigenvalue weighted by molar-refractivity contribution is 0.432. The highest BCUT2D eigenvalue weighted by atomic mass is 19.1. The van der Waals surface area contributed by atoms with Crippen molar-refractivity contribution in [3.05, 3.63) is 66.1 Å². The van der Waals surface area contributed by atoms with Crippen molar-refractivity contribution in [1.82, 2.24) is 15.3 Å². The SMILES string of the molecule is Oc1ccc(CCNc2nccc(-c3cccc(NC4CCNCC4)c3)n2)cc1F. The minimum atomic E-state index is -0.608. The highest BCUT2D eigenvalue weighted by molar-refractivity contribution is 5.65. The van der Waals surface area contributed by atoms with Crippen LogP contribution in [0.5, 0.6) is 5.75 Å². The van der Waals surface area contributed by atoms with Crippen LogP contribution < -0.4 is 16.0 Å². The number of phenolic OH excluding ortho intramolecular Hbond substituents is 1. The van der Waals surface area contributed by atoms with Gasteiger partial charge in [0.25, 0.3) is 0 Å². The molecule has 1 saturated heterocycles. The van der Waals surface area contributed by atoms with Gasteiger partial charge in [-0.15, -0.1) is 0 Å². The Morgan fingerprint density at radius 1 is 1.10 bits per heavy atom. The first kappa shape index (κ1) is 20.1. The molecule has 7 heteroatoms. The lowest BCUT2D eigenvalue weighted by Gasteiger charge is -2.24. The van der Waals surface area contributed by atoms with Gasteiger partial charge in [-0.3, -0.25) is 0 Å². The molecule has 1 fully saturated rings. The number of anilines is 2. The van der Waals surface area contributed by atoms with Crippen molar-refractivity contribution in [2.75, 3.05) is 30.3 Å². The van der Waals surface area contributed by atoms with Gasteiger partial charge in [-0.1, -0.05) is 18.2 Å². The third-order valence-electron chi connectivity index (χ3n) is 5.23. The van der Waals surface area contributed by atoms with E-state index in [1.54, 1.807) is 12.3 Å². The van der Waals surface area contributed by atoms with Gasteiger partial charge in [0, 0.05) is 30.0 Å². The minimum absolute atomic E-state index is 0.334. The van der Waals surface area contributed by atoms with Crippen LogP contribution in [-0.2, 0) is 6.42 Å². The van der Waals surface area contributed by atoms with Crippen molar-refractivity contribution >= 4 is 11.6 Å². The molecule has 4 N–H and O–H groups in total. The number of phenols is 1. The van der Waals surface area contributed by atoms with Crippen LogP contribution in [0.1, 0.15) is 18.4 Å². The van der Waals surface area contributed by atoms with Gasteiger partial charge >= 0.3 is 0 Å². The summed E-state index contributed by atoms with van der Waals surface area (Å²) in [4.78, 5) is 8.90. The van der Waals surface area contributed by atoms with E-state index in [0.717, 1.165) is 48.4 Å². The number of hydrogen-bond donors (Lipinski definition) is 4. The summed E-state index contributed by atoms with van der Waals surface area (Å²) in [6, 6.07) is 15.1. The van der Waals surface area contributed by atoms with E-state index >= 15 is 0 Å². The molecule has 0 spiro atoms. The van der Waals surface area contributed by atoms with Crippen LogP contribution in [0.2, 0.25) is 0 Å². The van der Waals surface area contributed by atoms with E-state index in [4.69, 9.17) is 0 Å². The maximum absolute atomic E-state index is 13.4. The van der Waals surface area contributed by atoms with E-state index < -0.39 is 5.82 Å². The van der Waals surface area contributed by atoms with Crippen LogP contribution >= 0.6 is 0 Å². The molecule has 0 radical (unpaired) electrons. The largest absolute Gasteiger partial charge is 0.505 e. The van der Waals surface area contributed by atoms with E-state index in [9.17, 15) is 9.50 Å². The van der Waals surface area contributed by atoms with Crippen LogP contribution in [0.15, 0.2) is 54.7 Å². The zero-order valence-electron chi connectivity index (χ0n) is 16.7. The predicted molar refractivity (Wildman–Crippen MR) is 117 cm³/mol. The fraction of sp³-hybridized carbons (Fsp3) is 0.304. The molecule has 4 rings (SSSR count). The summed E-state index contributed by atoms with van der Waals surface area (Å²) >= 11 is 0. The predicted octanol–water partition coefficient (Wildman–Crippen LogP) is 3.81. The van der Waals surface area contributed by atoms with Gasteiger partial charge in [0.15, 0.2) is 11.6 Å². The highest BCUT2D eigenvalue weighted by Gasteiger charge is 2.13. The van der Waals surface area contributed by atoms with Crippen molar-refractivity contribution in [2.45, 2.75) is 25.3 Å². The Balaban J connectivity index is 1.39. The van der Waals surface area contributed by atoms with Gasteiger partial charge in [0.1, 0.15) is 0 Å². The van der Waals surface area contributed by atoms with Gasteiger partial charge in [0.05, 0.1) is 5.69 Å². The molecule has 1 aliphatic heterocycles. The normalized spacial score (nSPS) is 14.4. The van der Waals surface area contributed by atoms with E-state index in [1.165, 1.54) is 12.1 Å². The van der Waals surface area contributed by atoms with Crippen LogP contribution in [0.3, 0.4) is 0 Å². The quantitative estimate of drug-likeness (QED) is 0.477. The number of hydrogen-bond acceptors (Lipinski definition) is 6. The lowest BCUT2D eigenvalue weighted by Crippen LogP contribution is -2.35. The summed E-state index contributed by atoms with van der Waals surface area (Å²) in [5, 5.41) is 19.5. The summed E-state index contributed by atoms with van der Waals surface area (Å²) in [5.41, 5.74) is 3.77. The number of aromatic nitrogens is 2. The molecule has 0 amide bonds. The Morgan fingerprint density at radius 2 is 1.97 bits per heavy atom. The van der Waals surface area contributed by atoms with Crippen molar-refractivity contribution < 1.29 is 9.50 Å². The molecule has 0 saturated carbocycles. The topological polar surface area (TPSA) is 82.1 Å². The van der Waals surface area contributed by atoms with E-state index in [2.05, 4.69) is 38.1 Å². The molecular weight excluding hydrogens is 381 g/mol. The summed E-state index contributed by atoms with van der Waals surface area (Å²) in [5.74, 6) is -0.410. The van der Waals surface area contributed by atoms with Crippen molar-refractivity contribution in [1.29, 1.82) is 0 Å². The second-order valence-corrected chi connectivity index (χ2v) is 7.48. The summed E-state index contributed by atoms with van der Waals surface area (Å²) < 4.78 is 13.4. The second-order valence-electron chi connectivity index (χ2n) is 7.48. The molecule has 2 aromatic carbocycles. The number of piperidine rings is 1. The molecule has 0 unspecified atom stereocenters. The Labute approximate surface area is 175 Å². The average Bonchev–Trinajstić information content (AvgIpc) is 2.77. The number of halogens is 1. The third-order valence-corrected chi connectivity index (χ3v) is 5.23. The van der Waals surface area contributed by atoms with Crippen molar-refractivity contribution in [3.63, 3.8) is 0 Å². The zero-order chi connectivity index (χ0) is 20.8. The van der Waals surface area contributed by atoms with E-state index in [1.807, 2.05) is 18.2 Å². The fourth-order valence-corrected chi connectivity index (χ4v) is 3.60. The van der Waals surface area contributed by atoms with Crippen LogP contribution in [0.25, 0.3) is 11.3 Å². The Morgan fingerprint density at radius 3 is 2.80 bits per heavy atom. The van der Waals surface area contributed by atoms with Gasteiger partial charge < -0.3 is 21.1 Å². The maximum Gasteiger partial charge on any atom is 0.223 e. The monoisotopic (exact) mass is 407 g/mol. The first-order chi connectivity index (χ1) is 14.7. The van der Waals surface area contributed by atoms with Gasteiger partial charge in [-0.25, -0.2) is 14.4 Å². The van der Waals surface area contributed by atoms with Crippen LogP contribution in [0.4, 0.5) is 16.0 Å². The first-order valence-electron chi connectivity index (χ1n) is 10.3. The molecule has 1 aromatic heterocycles. The molecule has 0 aliphatic carbocycles. The number of nitrogens with zero attached hydrogens (tertiary/aromatic N) is 2. The Kier molecular flexibility index (Phi) is 6.39. The van der Waals surface area contributed by atoms with Gasteiger partial charge in [-0.05, 0) is 68.2 Å². The minimum Gasteiger partial charge on any atom is -0.505 e. The molecule has 6 nitrogen and oxygen atoms in total.